The van der Waals surface area contributed by atoms with Crippen LogP contribution in [0.3, 0.4) is 0 Å². The molecule has 18 heavy (non-hydrogen) atoms. The fraction of sp³-hybridized carbons (Fsp3) is 1.00. The summed E-state index contributed by atoms with van der Waals surface area (Å²) in [5.41, 5.74) is 0.0215. The van der Waals surface area contributed by atoms with Crippen molar-refractivity contribution < 1.29 is 14.9 Å². The number of rotatable bonds is 2. The second-order valence-corrected chi connectivity index (χ2v) is 7.59. The first-order valence-electron chi connectivity index (χ1n) is 7.30. The van der Waals surface area contributed by atoms with Crippen LogP contribution in [0.4, 0.5) is 0 Å². The van der Waals surface area contributed by atoms with Gasteiger partial charge >= 0.3 is 0 Å². The van der Waals surface area contributed by atoms with Crippen LogP contribution in [0.2, 0.25) is 0 Å². The first-order chi connectivity index (χ1) is 8.40. The van der Waals surface area contributed by atoms with Crippen LogP contribution < -0.4 is 0 Å². The summed E-state index contributed by atoms with van der Waals surface area (Å²) in [5.74, 6) is 0.696. The molecule has 1 aliphatic heterocycles. The van der Waals surface area contributed by atoms with E-state index in [2.05, 4.69) is 20.8 Å². The predicted molar refractivity (Wildman–Crippen MR) is 69.1 cm³/mol. The Hall–Kier alpha value is -0.120. The molecular weight excluding hydrogens is 228 g/mol. The van der Waals surface area contributed by atoms with Crippen LogP contribution in [0, 0.1) is 22.7 Å². The van der Waals surface area contributed by atoms with Gasteiger partial charge in [0.05, 0.1) is 12.7 Å². The molecule has 3 rings (SSSR count). The first kappa shape index (κ1) is 12.9. The van der Waals surface area contributed by atoms with Crippen molar-refractivity contribution in [3.8, 4) is 0 Å². The van der Waals surface area contributed by atoms with Gasteiger partial charge in [-0.15, -0.1) is 0 Å². The van der Waals surface area contributed by atoms with Gasteiger partial charge in [0.25, 0.3) is 0 Å². The normalized spacial score (nSPS) is 53.5. The summed E-state index contributed by atoms with van der Waals surface area (Å²) < 4.78 is 5.86. The van der Waals surface area contributed by atoms with Crippen molar-refractivity contribution in [2.24, 2.45) is 22.7 Å². The lowest BCUT2D eigenvalue weighted by molar-refractivity contribution is -0.104. The number of aliphatic hydroxyl groups is 2. The van der Waals surface area contributed by atoms with Crippen LogP contribution >= 0.6 is 0 Å². The van der Waals surface area contributed by atoms with E-state index >= 15 is 0 Å². The molecule has 0 unspecified atom stereocenters. The van der Waals surface area contributed by atoms with Gasteiger partial charge in [-0.25, -0.2) is 0 Å². The predicted octanol–water partition coefficient (Wildman–Crippen LogP) is 1.96. The molecule has 0 aromatic carbocycles. The lowest BCUT2D eigenvalue weighted by Gasteiger charge is -2.57. The zero-order valence-corrected chi connectivity index (χ0v) is 11.8. The zero-order valence-electron chi connectivity index (χ0n) is 11.8. The van der Waals surface area contributed by atoms with E-state index in [1.807, 2.05) is 0 Å². The molecule has 3 fully saturated rings. The van der Waals surface area contributed by atoms with Crippen LogP contribution in [-0.4, -0.2) is 35.1 Å². The van der Waals surface area contributed by atoms with Gasteiger partial charge < -0.3 is 14.9 Å². The number of epoxide rings is 1. The summed E-state index contributed by atoms with van der Waals surface area (Å²) in [6.45, 7) is 7.23. The summed E-state index contributed by atoms with van der Waals surface area (Å²) in [5, 5.41) is 19.6. The van der Waals surface area contributed by atoms with Crippen molar-refractivity contribution in [2.45, 2.75) is 58.2 Å². The Morgan fingerprint density at radius 2 is 1.89 bits per heavy atom. The van der Waals surface area contributed by atoms with E-state index in [4.69, 9.17) is 4.74 Å². The Kier molecular flexibility index (Phi) is 2.66. The summed E-state index contributed by atoms with van der Waals surface area (Å²) in [4.78, 5) is 0. The summed E-state index contributed by atoms with van der Waals surface area (Å²) in [7, 11) is 0. The molecule has 5 atom stereocenters. The molecular formula is C15H26O3. The second-order valence-electron chi connectivity index (χ2n) is 7.59. The van der Waals surface area contributed by atoms with E-state index in [1.54, 1.807) is 0 Å². The largest absolute Gasteiger partial charge is 0.396 e. The van der Waals surface area contributed by atoms with Crippen molar-refractivity contribution >= 4 is 0 Å². The van der Waals surface area contributed by atoms with E-state index in [-0.39, 0.29) is 30.7 Å². The van der Waals surface area contributed by atoms with Gasteiger partial charge in [-0.1, -0.05) is 27.2 Å². The maximum atomic E-state index is 9.87. The van der Waals surface area contributed by atoms with Crippen molar-refractivity contribution in [1.29, 1.82) is 0 Å². The lowest BCUT2D eigenvalue weighted by atomic mass is 9.46. The van der Waals surface area contributed by atoms with Gasteiger partial charge in [-0.2, -0.15) is 0 Å². The van der Waals surface area contributed by atoms with Crippen LogP contribution in [0.1, 0.15) is 46.5 Å². The van der Waals surface area contributed by atoms with E-state index in [0.717, 1.165) is 12.8 Å². The van der Waals surface area contributed by atoms with Crippen LogP contribution in [0.25, 0.3) is 0 Å². The summed E-state index contributed by atoms with van der Waals surface area (Å²) >= 11 is 0. The molecule has 1 saturated heterocycles. The Bertz CT molecular complexity index is 354. The summed E-state index contributed by atoms with van der Waals surface area (Å²) in [6.07, 6.45) is 4.88. The minimum atomic E-state index is -0.423. The Morgan fingerprint density at radius 1 is 1.17 bits per heavy atom. The van der Waals surface area contributed by atoms with Gasteiger partial charge in [0.2, 0.25) is 0 Å². The highest BCUT2D eigenvalue weighted by Crippen LogP contribution is 2.67. The Morgan fingerprint density at radius 3 is 2.50 bits per heavy atom. The molecule has 0 spiro atoms. The molecule has 3 nitrogen and oxygen atoms in total. The zero-order chi connectivity index (χ0) is 13.2. The monoisotopic (exact) mass is 254 g/mol. The molecule has 1 heterocycles. The van der Waals surface area contributed by atoms with Crippen molar-refractivity contribution in [2.75, 3.05) is 13.2 Å². The molecule has 0 bridgehead atoms. The van der Waals surface area contributed by atoms with Crippen molar-refractivity contribution in [3.63, 3.8) is 0 Å². The van der Waals surface area contributed by atoms with Gasteiger partial charge in [0, 0.05) is 12.5 Å². The lowest BCUT2D eigenvalue weighted by Crippen LogP contribution is -2.57. The second kappa shape index (κ2) is 3.71. The van der Waals surface area contributed by atoms with Crippen molar-refractivity contribution in [1.82, 2.24) is 0 Å². The molecule has 104 valence electrons. The minimum Gasteiger partial charge on any atom is -0.396 e. The maximum Gasteiger partial charge on any atom is 0.123 e. The molecule has 3 aliphatic rings. The highest BCUT2D eigenvalue weighted by atomic mass is 16.6. The average molecular weight is 254 g/mol. The maximum absolute atomic E-state index is 9.87. The number of fused-ring (bicyclic) bond motifs is 2. The quantitative estimate of drug-likeness (QED) is 0.741. The molecule has 0 amide bonds. The summed E-state index contributed by atoms with van der Waals surface area (Å²) in [6, 6.07) is 0. The number of aliphatic hydroxyl groups excluding tert-OH is 2. The third kappa shape index (κ3) is 1.41. The third-order valence-corrected chi connectivity index (χ3v) is 6.39. The molecule has 0 radical (unpaired) electrons. The highest BCUT2D eigenvalue weighted by Gasteiger charge is 2.72. The van der Waals surface area contributed by atoms with Crippen LogP contribution in [-0.2, 0) is 4.74 Å². The molecule has 0 aromatic rings. The Labute approximate surface area is 110 Å². The van der Waals surface area contributed by atoms with E-state index in [0.29, 0.717) is 11.3 Å². The van der Waals surface area contributed by atoms with Gasteiger partial charge in [-0.05, 0) is 36.0 Å². The number of ether oxygens (including phenoxy) is 1. The van der Waals surface area contributed by atoms with E-state index in [9.17, 15) is 10.2 Å². The number of hydrogen-bond donors (Lipinski definition) is 2. The van der Waals surface area contributed by atoms with Gasteiger partial charge in [0.1, 0.15) is 5.60 Å². The van der Waals surface area contributed by atoms with E-state index < -0.39 is 5.60 Å². The highest BCUT2D eigenvalue weighted by molar-refractivity contribution is 5.19. The molecule has 2 saturated carbocycles. The Balaban J connectivity index is 1.99. The fourth-order valence-electron chi connectivity index (χ4n) is 5.34. The smallest absolute Gasteiger partial charge is 0.123 e. The standard InChI is InChI=1S/C15H26O3/c1-13(2)5-4-6-14(3)10(13)7-12-15(9-17,18-12)11(14)8-16/h10-12,16-17H,4-9H2,1-3H3/t10-,11-,12+,14-,15-/m0/s1. The fourth-order valence-corrected chi connectivity index (χ4v) is 5.34. The number of hydrogen-bond acceptors (Lipinski definition) is 3. The minimum absolute atomic E-state index is 0.0611. The van der Waals surface area contributed by atoms with Crippen LogP contribution in [0.15, 0.2) is 0 Å². The average Bonchev–Trinajstić information content (AvgIpc) is 3.00. The topological polar surface area (TPSA) is 53.0 Å². The van der Waals surface area contributed by atoms with E-state index in [1.165, 1.54) is 12.8 Å². The SMILES string of the molecule is CC1(C)CCC[C@@]2(C)[C@H]1C[C@H]1O[C@@]1(CO)[C@H]2CO. The van der Waals surface area contributed by atoms with Crippen LogP contribution in [0.5, 0.6) is 0 Å². The first-order valence-corrected chi connectivity index (χ1v) is 7.30. The van der Waals surface area contributed by atoms with Gasteiger partial charge in [0.15, 0.2) is 0 Å². The van der Waals surface area contributed by atoms with Gasteiger partial charge in [-0.3, -0.25) is 0 Å². The third-order valence-electron chi connectivity index (χ3n) is 6.39. The molecule has 2 N–H and O–H groups in total. The molecule has 0 aromatic heterocycles. The molecule has 2 aliphatic carbocycles. The molecule has 3 heteroatoms. The van der Waals surface area contributed by atoms with Crippen molar-refractivity contribution in [3.05, 3.63) is 0 Å².